The van der Waals surface area contributed by atoms with Gasteiger partial charge in [0.1, 0.15) is 12.4 Å². The largest absolute Gasteiger partial charge is 0.489 e. The summed E-state index contributed by atoms with van der Waals surface area (Å²) in [6.07, 6.45) is 1.74. The monoisotopic (exact) mass is 225 g/mol. The summed E-state index contributed by atoms with van der Waals surface area (Å²) in [5.41, 5.74) is 9.52. The third-order valence-electron chi connectivity index (χ3n) is 2.08. The molecular formula is C12H16ClNO. The standard InChI is InChI=1S/C12H16ClNO/c1-9-4-5-12(15-7-3-6-13)11(8-9)10(2)14/h3-6,8,10H,7,14H2,1-2H3/b6-3+. The van der Waals surface area contributed by atoms with Gasteiger partial charge < -0.3 is 10.5 Å². The number of halogens is 1. The molecule has 2 nitrogen and oxygen atoms in total. The quantitative estimate of drug-likeness (QED) is 0.855. The van der Waals surface area contributed by atoms with Gasteiger partial charge in [0.25, 0.3) is 0 Å². The summed E-state index contributed by atoms with van der Waals surface area (Å²) >= 11 is 5.41. The molecule has 0 fully saturated rings. The van der Waals surface area contributed by atoms with E-state index >= 15 is 0 Å². The molecule has 2 N–H and O–H groups in total. The SMILES string of the molecule is Cc1ccc(OC/C=C/Cl)c(C(C)N)c1. The first-order valence-electron chi connectivity index (χ1n) is 4.89. The zero-order valence-electron chi connectivity index (χ0n) is 9.03. The molecule has 15 heavy (non-hydrogen) atoms. The van der Waals surface area contributed by atoms with E-state index in [0.29, 0.717) is 6.61 Å². The molecule has 0 aliphatic carbocycles. The van der Waals surface area contributed by atoms with Gasteiger partial charge in [0.15, 0.2) is 0 Å². The van der Waals surface area contributed by atoms with Crippen molar-refractivity contribution in [1.82, 2.24) is 0 Å². The normalized spacial score (nSPS) is 13.1. The topological polar surface area (TPSA) is 35.2 Å². The molecule has 1 unspecified atom stereocenters. The molecule has 1 atom stereocenters. The van der Waals surface area contributed by atoms with Crippen LogP contribution >= 0.6 is 11.6 Å². The van der Waals surface area contributed by atoms with Crippen LogP contribution in [0.3, 0.4) is 0 Å². The third kappa shape index (κ3) is 3.57. The Hall–Kier alpha value is -0.990. The Morgan fingerprint density at radius 2 is 2.27 bits per heavy atom. The summed E-state index contributed by atoms with van der Waals surface area (Å²) in [4.78, 5) is 0. The van der Waals surface area contributed by atoms with E-state index in [1.54, 1.807) is 6.08 Å². The van der Waals surface area contributed by atoms with Crippen molar-refractivity contribution in [2.75, 3.05) is 6.61 Å². The molecule has 0 saturated carbocycles. The van der Waals surface area contributed by atoms with Crippen molar-refractivity contribution in [3.63, 3.8) is 0 Å². The van der Waals surface area contributed by atoms with Gasteiger partial charge in [-0.2, -0.15) is 0 Å². The van der Waals surface area contributed by atoms with Gasteiger partial charge in [-0.25, -0.2) is 0 Å². The molecule has 82 valence electrons. The van der Waals surface area contributed by atoms with Crippen molar-refractivity contribution in [2.24, 2.45) is 5.73 Å². The Kier molecular flexibility index (Phi) is 4.66. The zero-order chi connectivity index (χ0) is 11.3. The van der Waals surface area contributed by atoms with Crippen LogP contribution in [0.5, 0.6) is 5.75 Å². The van der Waals surface area contributed by atoms with E-state index in [-0.39, 0.29) is 6.04 Å². The number of hydrogen-bond donors (Lipinski definition) is 1. The van der Waals surface area contributed by atoms with Crippen LogP contribution in [0.4, 0.5) is 0 Å². The fourth-order valence-corrected chi connectivity index (χ4v) is 1.40. The van der Waals surface area contributed by atoms with Crippen molar-refractivity contribution in [2.45, 2.75) is 19.9 Å². The molecule has 3 heteroatoms. The molecule has 0 amide bonds. The highest BCUT2D eigenvalue weighted by atomic mass is 35.5. The summed E-state index contributed by atoms with van der Waals surface area (Å²) in [7, 11) is 0. The van der Waals surface area contributed by atoms with Gasteiger partial charge in [0.05, 0.1) is 0 Å². The number of nitrogens with two attached hydrogens (primary N) is 1. The summed E-state index contributed by atoms with van der Waals surface area (Å²) < 4.78 is 5.54. The fraction of sp³-hybridized carbons (Fsp3) is 0.333. The average Bonchev–Trinajstić information content (AvgIpc) is 2.20. The Balaban J connectivity index is 2.85. The maximum absolute atomic E-state index is 5.86. The number of rotatable bonds is 4. The van der Waals surface area contributed by atoms with Crippen molar-refractivity contribution in [3.05, 3.63) is 40.9 Å². The van der Waals surface area contributed by atoms with Gasteiger partial charge in [0, 0.05) is 17.1 Å². The minimum atomic E-state index is -0.0279. The van der Waals surface area contributed by atoms with Crippen LogP contribution in [0.2, 0.25) is 0 Å². The molecule has 0 aliphatic rings. The lowest BCUT2D eigenvalue weighted by atomic mass is 10.1. The first kappa shape index (κ1) is 12.1. The number of aryl methyl sites for hydroxylation is 1. The first-order valence-corrected chi connectivity index (χ1v) is 5.33. The van der Waals surface area contributed by atoms with E-state index < -0.39 is 0 Å². The molecule has 1 aromatic carbocycles. The number of ether oxygens (including phenoxy) is 1. The smallest absolute Gasteiger partial charge is 0.124 e. The Labute approximate surface area is 95.7 Å². The van der Waals surface area contributed by atoms with Gasteiger partial charge in [-0.3, -0.25) is 0 Å². The summed E-state index contributed by atoms with van der Waals surface area (Å²) in [6, 6.07) is 5.96. The van der Waals surface area contributed by atoms with E-state index in [1.807, 2.05) is 32.0 Å². The third-order valence-corrected chi connectivity index (χ3v) is 2.26. The van der Waals surface area contributed by atoms with Gasteiger partial charge in [-0.1, -0.05) is 29.3 Å². The average molecular weight is 226 g/mol. The van der Waals surface area contributed by atoms with Gasteiger partial charge >= 0.3 is 0 Å². The highest BCUT2D eigenvalue weighted by Gasteiger charge is 2.07. The van der Waals surface area contributed by atoms with Crippen molar-refractivity contribution >= 4 is 11.6 Å². The van der Waals surface area contributed by atoms with Gasteiger partial charge in [-0.15, -0.1) is 0 Å². The summed E-state index contributed by atoms with van der Waals surface area (Å²) in [6.45, 7) is 4.44. The van der Waals surface area contributed by atoms with Crippen molar-refractivity contribution < 1.29 is 4.74 Å². The van der Waals surface area contributed by atoms with Crippen LogP contribution in [0, 0.1) is 6.92 Å². The van der Waals surface area contributed by atoms with Crippen LogP contribution in [-0.4, -0.2) is 6.61 Å². The highest BCUT2D eigenvalue weighted by Crippen LogP contribution is 2.24. The van der Waals surface area contributed by atoms with Gasteiger partial charge in [0.2, 0.25) is 0 Å². The molecule has 1 rings (SSSR count). The number of hydrogen-bond acceptors (Lipinski definition) is 2. The molecule has 0 radical (unpaired) electrons. The maximum Gasteiger partial charge on any atom is 0.124 e. The zero-order valence-corrected chi connectivity index (χ0v) is 9.79. The van der Waals surface area contributed by atoms with E-state index in [4.69, 9.17) is 22.1 Å². The fourth-order valence-electron chi connectivity index (χ4n) is 1.33. The van der Waals surface area contributed by atoms with E-state index in [9.17, 15) is 0 Å². The van der Waals surface area contributed by atoms with Crippen LogP contribution in [0.1, 0.15) is 24.1 Å². The van der Waals surface area contributed by atoms with Crippen molar-refractivity contribution in [3.8, 4) is 5.75 Å². The van der Waals surface area contributed by atoms with Crippen LogP contribution in [-0.2, 0) is 0 Å². The van der Waals surface area contributed by atoms with E-state index in [0.717, 1.165) is 11.3 Å². The Bertz CT molecular complexity index is 347. The summed E-state index contributed by atoms with van der Waals surface area (Å²) in [5, 5.41) is 0. The van der Waals surface area contributed by atoms with Crippen molar-refractivity contribution in [1.29, 1.82) is 0 Å². The second kappa shape index (κ2) is 5.79. The first-order chi connectivity index (χ1) is 7.15. The Morgan fingerprint density at radius 1 is 1.53 bits per heavy atom. The molecule has 0 saturated heterocycles. The second-order valence-electron chi connectivity index (χ2n) is 3.50. The van der Waals surface area contributed by atoms with Gasteiger partial charge in [-0.05, 0) is 26.0 Å². The minimum Gasteiger partial charge on any atom is -0.489 e. The van der Waals surface area contributed by atoms with E-state index in [1.165, 1.54) is 11.1 Å². The van der Waals surface area contributed by atoms with Crippen LogP contribution < -0.4 is 10.5 Å². The van der Waals surface area contributed by atoms with E-state index in [2.05, 4.69) is 0 Å². The predicted molar refractivity (Wildman–Crippen MR) is 64.3 cm³/mol. The van der Waals surface area contributed by atoms with Crippen LogP contribution in [0.15, 0.2) is 29.8 Å². The second-order valence-corrected chi connectivity index (χ2v) is 3.75. The molecular weight excluding hydrogens is 210 g/mol. The molecule has 1 aromatic rings. The minimum absolute atomic E-state index is 0.0279. The molecule has 0 aliphatic heterocycles. The molecule has 0 bridgehead atoms. The predicted octanol–water partition coefficient (Wildman–Crippen LogP) is 3.15. The molecule has 0 aromatic heterocycles. The molecule has 0 spiro atoms. The maximum atomic E-state index is 5.86. The van der Waals surface area contributed by atoms with Crippen LogP contribution in [0.25, 0.3) is 0 Å². The lowest BCUT2D eigenvalue weighted by Crippen LogP contribution is -2.08. The highest BCUT2D eigenvalue weighted by molar-refractivity contribution is 6.25. The Morgan fingerprint density at radius 3 is 2.87 bits per heavy atom. The molecule has 0 heterocycles. The lowest BCUT2D eigenvalue weighted by Gasteiger charge is -2.13. The number of benzene rings is 1. The summed E-state index contributed by atoms with van der Waals surface area (Å²) in [5.74, 6) is 0.824. The lowest BCUT2D eigenvalue weighted by molar-refractivity contribution is 0.357.